The fraction of sp³-hybridized carbons (Fsp3) is 0.120. The lowest BCUT2D eigenvalue weighted by molar-refractivity contribution is -0.114. The van der Waals surface area contributed by atoms with Crippen LogP contribution in [-0.2, 0) is 14.9 Å². The predicted octanol–water partition coefficient (Wildman–Crippen LogP) is 4.58. The van der Waals surface area contributed by atoms with Gasteiger partial charge in [-0.25, -0.2) is 0 Å². The van der Waals surface area contributed by atoms with Crippen LogP contribution in [0.2, 0.25) is 0 Å². The highest BCUT2D eigenvalue weighted by molar-refractivity contribution is 7.87. The van der Waals surface area contributed by atoms with Gasteiger partial charge in [-0.2, -0.15) is 18.5 Å². The normalized spacial score (nSPS) is 15.0. The molecule has 0 spiro atoms. The number of anilines is 1. The third kappa shape index (κ3) is 4.65. The summed E-state index contributed by atoms with van der Waals surface area (Å²) in [5.74, 6) is 0.235. The van der Waals surface area contributed by atoms with Crippen molar-refractivity contribution in [1.82, 2.24) is 0 Å². The molecule has 168 valence electrons. The number of hydrazone groups is 1. The summed E-state index contributed by atoms with van der Waals surface area (Å²) in [7, 11) is -2.58. The number of para-hydroxylation sites is 1. The Morgan fingerprint density at radius 3 is 2.30 bits per heavy atom. The molecule has 0 bridgehead atoms. The number of aryl methyl sites for hydroxylation is 1. The molecule has 0 atom stereocenters. The molecule has 0 unspecified atom stereocenters. The van der Waals surface area contributed by atoms with E-state index in [4.69, 9.17) is 8.92 Å². The summed E-state index contributed by atoms with van der Waals surface area (Å²) >= 11 is 0. The van der Waals surface area contributed by atoms with Crippen molar-refractivity contribution in [3.8, 4) is 11.5 Å². The lowest BCUT2D eigenvalue weighted by Crippen LogP contribution is -2.21. The smallest absolute Gasteiger partial charge is 0.339 e. The summed E-state index contributed by atoms with van der Waals surface area (Å²) in [6.07, 6.45) is 1.56. The molecule has 1 amide bonds. The molecule has 1 aliphatic rings. The molecule has 0 aliphatic carbocycles. The van der Waals surface area contributed by atoms with Crippen molar-refractivity contribution >= 4 is 33.5 Å². The van der Waals surface area contributed by atoms with Crippen LogP contribution in [0.1, 0.15) is 18.1 Å². The molecular weight excluding hydrogens is 440 g/mol. The highest BCUT2D eigenvalue weighted by atomic mass is 32.2. The molecule has 1 heterocycles. The molecular formula is C25H22N2O5S. The van der Waals surface area contributed by atoms with E-state index >= 15 is 0 Å². The quantitative estimate of drug-likeness (QED) is 0.396. The number of hydrogen-bond donors (Lipinski definition) is 0. The van der Waals surface area contributed by atoms with Gasteiger partial charge in [0.05, 0.1) is 24.1 Å². The van der Waals surface area contributed by atoms with Gasteiger partial charge < -0.3 is 8.92 Å². The Bertz CT molecular complexity index is 1360. The van der Waals surface area contributed by atoms with Crippen molar-refractivity contribution in [3.05, 3.63) is 89.5 Å². The third-order valence-electron chi connectivity index (χ3n) is 5.09. The standard InChI is InChI=1S/C25H22N2O5S/c1-17-9-12-22(13-10-17)33(29,30)32-24-14-11-21(31-3)15-19(24)16-23-18(2)26-27(25(23)28)20-7-5-4-6-8-20/h4-16H,1-3H3/b23-16+. The maximum atomic E-state index is 13.1. The lowest BCUT2D eigenvalue weighted by atomic mass is 10.1. The monoisotopic (exact) mass is 462 g/mol. The van der Waals surface area contributed by atoms with Gasteiger partial charge in [0, 0.05) is 5.56 Å². The molecule has 7 nitrogen and oxygen atoms in total. The zero-order valence-electron chi connectivity index (χ0n) is 18.3. The maximum absolute atomic E-state index is 13.1. The minimum atomic E-state index is -4.08. The Morgan fingerprint density at radius 1 is 0.939 bits per heavy atom. The Morgan fingerprint density at radius 2 is 1.64 bits per heavy atom. The number of rotatable bonds is 6. The van der Waals surface area contributed by atoms with Gasteiger partial charge in [0.2, 0.25) is 0 Å². The Balaban J connectivity index is 1.72. The van der Waals surface area contributed by atoms with Crippen LogP contribution < -0.4 is 13.9 Å². The first kappa shape index (κ1) is 22.3. The van der Waals surface area contributed by atoms with Crippen LogP contribution in [-0.4, -0.2) is 27.1 Å². The number of ether oxygens (including phenoxy) is 1. The van der Waals surface area contributed by atoms with E-state index in [1.54, 1.807) is 49.4 Å². The van der Waals surface area contributed by atoms with Gasteiger partial charge in [-0.05, 0) is 62.4 Å². The second-order valence-corrected chi connectivity index (χ2v) is 9.00. The summed E-state index contributed by atoms with van der Waals surface area (Å²) in [5, 5.41) is 5.67. The number of hydrogen-bond acceptors (Lipinski definition) is 6. The molecule has 0 radical (unpaired) electrons. The van der Waals surface area contributed by atoms with Gasteiger partial charge >= 0.3 is 10.1 Å². The zero-order valence-corrected chi connectivity index (χ0v) is 19.2. The molecule has 0 fully saturated rings. The van der Waals surface area contributed by atoms with Gasteiger partial charge in [0.1, 0.15) is 16.4 Å². The summed E-state index contributed by atoms with van der Waals surface area (Å²) in [6, 6.07) is 20.1. The van der Waals surface area contributed by atoms with Crippen molar-refractivity contribution in [2.75, 3.05) is 12.1 Å². The van der Waals surface area contributed by atoms with Gasteiger partial charge in [-0.15, -0.1) is 0 Å². The van der Waals surface area contributed by atoms with E-state index in [2.05, 4.69) is 5.10 Å². The molecule has 0 N–H and O–H groups in total. The van der Waals surface area contributed by atoms with Crippen LogP contribution in [0.25, 0.3) is 6.08 Å². The number of benzene rings is 3. The highest BCUT2D eigenvalue weighted by Crippen LogP contribution is 2.31. The van der Waals surface area contributed by atoms with E-state index in [0.29, 0.717) is 28.3 Å². The Hall–Kier alpha value is -3.91. The van der Waals surface area contributed by atoms with Gasteiger partial charge in [0.25, 0.3) is 5.91 Å². The molecule has 3 aromatic carbocycles. The highest BCUT2D eigenvalue weighted by Gasteiger charge is 2.29. The number of methoxy groups -OCH3 is 1. The first-order chi connectivity index (χ1) is 15.8. The van der Waals surface area contributed by atoms with Crippen molar-refractivity contribution in [2.24, 2.45) is 5.10 Å². The predicted molar refractivity (Wildman–Crippen MR) is 127 cm³/mol. The molecule has 1 aliphatic heterocycles. The van der Waals surface area contributed by atoms with Crippen LogP contribution in [0.15, 0.2) is 88.4 Å². The average molecular weight is 463 g/mol. The molecule has 33 heavy (non-hydrogen) atoms. The van der Waals surface area contributed by atoms with Gasteiger partial charge in [-0.3, -0.25) is 4.79 Å². The lowest BCUT2D eigenvalue weighted by Gasteiger charge is -2.13. The summed E-state index contributed by atoms with van der Waals surface area (Å²) < 4.78 is 36.4. The molecule has 0 saturated carbocycles. The zero-order chi connectivity index (χ0) is 23.6. The number of nitrogens with zero attached hydrogens (tertiary/aromatic N) is 2. The molecule has 3 aromatic rings. The summed E-state index contributed by atoms with van der Waals surface area (Å²) in [6.45, 7) is 3.59. The minimum Gasteiger partial charge on any atom is -0.497 e. The molecule has 0 aromatic heterocycles. The van der Waals surface area contributed by atoms with Crippen molar-refractivity contribution in [1.29, 1.82) is 0 Å². The van der Waals surface area contributed by atoms with E-state index in [0.717, 1.165) is 5.56 Å². The number of carbonyl (C=O) groups excluding carboxylic acids is 1. The van der Waals surface area contributed by atoms with Crippen molar-refractivity contribution in [3.63, 3.8) is 0 Å². The van der Waals surface area contributed by atoms with E-state index in [9.17, 15) is 13.2 Å². The van der Waals surface area contributed by atoms with Gasteiger partial charge in [0.15, 0.2) is 0 Å². The first-order valence-corrected chi connectivity index (χ1v) is 11.6. The summed E-state index contributed by atoms with van der Waals surface area (Å²) in [5.41, 5.74) is 2.76. The summed E-state index contributed by atoms with van der Waals surface area (Å²) in [4.78, 5) is 13.1. The van der Waals surface area contributed by atoms with Crippen LogP contribution in [0.4, 0.5) is 5.69 Å². The first-order valence-electron chi connectivity index (χ1n) is 10.1. The van der Waals surface area contributed by atoms with E-state index < -0.39 is 10.1 Å². The third-order valence-corrected chi connectivity index (χ3v) is 6.34. The van der Waals surface area contributed by atoms with Gasteiger partial charge in [-0.1, -0.05) is 35.9 Å². The molecule has 8 heteroatoms. The fourth-order valence-corrected chi connectivity index (χ4v) is 4.25. The van der Waals surface area contributed by atoms with E-state index in [-0.39, 0.29) is 16.6 Å². The number of carbonyl (C=O) groups is 1. The second kappa shape index (κ2) is 8.91. The fourth-order valence-electron chi connectivity index (χ4n) is 3.30. The second-order valence-electron chi connectivity index (χ2n) is 7.45. The van der Waals surface area contributed by atoms with Crippen LogP contribution in [0.3, 0.4) is 0 Å². The molecule has 0 saturated heterocycles. The Kier molecular flexibility index (Phi) is 6.02. The van der Waals surface area contributed by atoms with Crippen LogP contribution >= 0.6 is 0 Å². The average Bonchev–Trinajstić information content (AvgIpc) is 3.09. The van der Waals surface area contributed by atoms with E-state index in [1.165, 1.54) is 30.3 Å². The van der Waals surface area contributed by atoms with Crippen molar-refractivity contribution in [2.45, 2.75) is 18.7 Å². The SMILES string of the molecule is COc1ccc(OS(=O)(=O)c2ccc(C)cc2)c(/C=C2/C(=O)N(c3ccccc3)N=C2C)c1. The minimum absolute atomic E-state index is 0.0347. The van der Waals surface area contributed by atoms with Crippen molar-refractivity contribution < 1.29 is 22.1 Å². The van der Waals surface area contributed by atoms with E-state index in [1.807, 2.05) is 25.1 Å². The Labute approximate surface area is 192 Å². The maximum Gasteiger partial charge on any atom is 0.339 e. The number of amides is 1. The molecule has 4 rings (SSSR count). The van der Waals surface area contributed by atoms with Crippen LogP contribution in [0, 0.1) is 6.92 Å². The topological polar surface area (TPSA) is 85.3 Å². The van der Waals surface area contributed by atoms with Crippen LogP contribution in [0.5, 0.6) is 11.5 Å². The largest absolute Gasteiger partial charge is 0.497 e.